The zero-order chi connectivity index (χ0) is 13.8. The summed E-state index contributed by atoms with van der Waals surface area (Å²) in [7, 11) is 0. The van der Waals surface area contributed by atoms with Crippen molar-refractivity contribution in [3.8, 4) is 0 Å². The van der Waals surface area contributed by atoms with Gasteiger partial charge in [0.15, 0.2) is 0 Å². The van der Waals surface area contributed by atoms with E-state index in [1.807, 2.05) is 0 Å². The summed E-state index contributed by atoms with van der Waals surface area (Å²) in [5, 5.41) is 0. The first-order chi connectivity index (χ1) is 8.21. The Bertz CT molecular complexity index is 375. The topological polar surface area (TPSA) is 0 Å². The molecule has 0 fully saturated rings. The Hall–Kier alpha value is -0.677. The van der Waals surface area contributed by atoms with Crippen LogP contribution in [0.1, 0.15) is 52.7 Å². The molecule has 0 spiro atoms. The fourth-order valence-electron chi connectivity index (χ4n) is 1.75. The van der Waals surface area contributed by atoms with Crippen molar-refractivity contribution in [2.45, 2.75) is 52.4 Å². The predicted molar refractivity (Wildman–Crippen MR) is 81.5 cm³/mol. The largest absolute Gasteiger partial charge is 2.00 e. The SMILES string of the molecule is CC(C)(C)[c-]1cccc1.CC(C)(C)[c-]1cccc1.[Ru+2]. The summed E-state index contributed by atoms with van der Waals surface area (Å²) in [5.41, 5.74) is 3.48. The monoisotopic (exact) mass is 344 g/mol. The van der Waals surface area contributed by atoms with E-state index in [-0.39, 0.29) is 19.5 Å². The molecule has 19 heavy (non-hydrogen) atoms. The molecule has 0 atom stereocenters. The average molecular weight is 343 g/mol. The van der Waals surface area contributed by atoms with Crippen LogP contribution >= 0.6 is 0 Å². The Kier molecular flexibility index (Phi) is 6.94. The number of hydrogen-bond donors (Lipinski definition) is 0. The summed E-state index contributed by atoms with van der Waals surface area (Å²) in [6.45, 7) is 13.3. The normalized spacial score (nSPS) is 11.3. The third kappa shape index (κ3) is 6.34. The van der Waals surface area contributed by atoms with Crippen molar-refractivity contribution in [3.63, 3.8) is 0 Å². The van der Waals surface area contributed by atoms with E-state index in [9.17, 15) is 0 Å². The maximum absolute atomic E-state index is 2.22. The molecule has 0 nitrogen and oxygen atoms in total. The van der Waals surface area contributed by atoms with Crippen molar-refractivity contribution in [3.05, 3.63) is 59.7 Å². The van der Waals surface area contributed by atoms with Gasteiger partial charge in [-0.2, -0.15) is 35.4 Å². The molecule has 1 heteroatoms. The van der Waals surface area contributed by atoms with Gasteiger partial charge in [-0.05, 0) is 0 Å². The van der Waals surface area contributed by atoms with Gasteiger partial charge in [-0.15, -0.1) is 0 Å². The second kappa shape index (κ2) is 7.20. The van der Waals surface area contributed by atoms with Crippen molar-refractivity contribution >= 4 is 0 Å². The first-order valence-corrected chi connectivity index (χ1v) is 6.65. The zero-order valence-electron chi connectivity index (χ0n) is 13.0. The molecule has 0 unspecified atom stereocenters. The Balaban J connectivity index is 0.000000324. The summed E-state index contributed by atoms with van der Waals surface area (Å²) >= 11 is 0. The maximum Gasteiger partial charge on any atom is 2.00 e. The summed E-state index contributed by atoms with van der Waals surface area (Å²) in [6, 6.07) is 17.0. The smallest absolute Gasteiger partial charge is 0.213 e. The molecule has 2 aromatic carbocycles. The third-order valence-corrected chi connectivity index (χ3v) is 3.06. The minimum atomic E-state index is 0. The number of hydrogen-bond acceptors (Lipinski definition) is 0. The second-order valence-corrected chi connectivity index (χ2v) is 6.85. The van der Waals surface area contributed by atoms with Crippen LogP contribution in [0.25, 0.3) is 0 Å². The molecule has 0 N–H and O–H groups in total. The predicted octanol–water partition coefficient (Wildman–Crippen LogP) is 5.40. The first-order valence-electron chi connectivity index (χ1n) is 6.65. The van der Waals surface area contributed by atoms with Crippen LogP contribution < -0.4 is 0 Å². The molecule has 2 aromatic rings. The molecule has 0 amide bonds. The maximum atomic E-state index is 2.22. The van der Waals surface area contributed by atoms with Crippen molar-refractivity contribution in [1.82, 2.24) is 0 Å². The van der Waals surface area contributed by atoms with E-state index in [1.54, 1.807) is 0 Å². The van der Waals surface area contributed by atoms with Crippen LogP contribution in [0.5, 0.6) is 0 Å². The van der Waals surface area contributed by atoms with Crippen LogP contribution in [0.2, 0.25) is 0 Å². The Morgan fingerprint density at radius 3 is 0.842 bits per heavy atom. The molecular formula is C18H26Ru. The summed E-state index contributed by atoms with van der Waals surface area (Å²) in [6.07, 6.45) is 0. The van der Waals surface area contributed by atoms with E-state index < -0.39 is 0 Å². The van der Waals surface area contributed by atoms with Gasteiger partial charge in [0.1, 0.15) is 0 Å². The van der Waals surface area contributed by atoms with Crippen molar-refractivity contribution in [1.29, 1.82) is 0 Å². The average Bonchev–Trinajstić information content (AvgIpc) is 2.91. The molecule has 0 aliphatic heterocycles. The van der Waals surface area contributed by atoms with Crippen molar-refractivity contribution < 1.29 is 19.5 Å². The van der Waals surface area contributed by atoms with Crippen molar-refractivity contribution in [2.75, 3.05) is 0 Å². The van der Waals surface area contributed by atoms with E-state index in [0.29, 0.717) is 10.8 Å². The first kappa shape index (κ1) is 18.3. The van der Waals surface area contributed by atoms with Crippen LogP contribution in [-0.4, -0.2) is 0 Å². The fraction of sp³-hybridized carbons (Fsp3) is 0.444. The van der Waals surface area contributed by atoms with Gasteiger partial charge in [0.05, 0.1) is 0 Å². The van der Waals surface area contributed by atoms with Crippen molar-refractivity contribution in [2.24, 2.45) is 0 Å². The van der Waals surface area contributed by atoms with E-state index in [1.165, 1.54) is 11.1 Å². The van der Waals surface area contributed by atoms with Crippen LogP contribution in [0, 0.1) is 0 Å². The second-order valence-electron chi connectivity index (χ2n) is 6.85. The van der Waals surface area contributed by atoms with Gasteiger partial charge in [0.2, 0.25) is 0 Å². The van der Waals surface area contributed by atoms with Crippen LogP contribution in [0.3, 0.4) is 0 Å². The Morgan fingerprint density at radius 2 is 0.737 bits per heavy atom. The fourth-order valence-corrected chi connectivity index (χ4v) is 1.75. The van der Waals surface area contributed by atoms with Gasteiger partial charge in [-0.25, -0.2) is 24.3 Å². The van der Waals surface area contributed by atoms with E-state index in [2.05, 4.69) is 90.1 Å². The quantitative estimate of drug-likeness (QED) is 0.443. The van der Waals surface area contributed by atoms with E-state index >= 15 is 0 Å². The Labute approximate surface area is 131 Å². The molecule has 0 bridgehead atoms. The van der Waals surface area contributed by atoms with E-state index in [0.717, 1.165) is 0 Å². The van der Waals surface area contributed by atoms with Gasteiger partial charge in [-0.1, -0.05) is 52.4 Å². The zero-order valence-corrected chi connectivity index (χ0v) is 14.7. The molecule has 0 aliphatic rings. The molecule has 0 radical (unpaired) electrons. The number of rotatable bonds is 0. The van der Waals surface area contributed by atoms with Crippen LogP contribution in [0.4, 0.5) is 0 Å². The van der Waals surface area contributed by atoms with E-state index in [4.69, 9.17) is 0 Å². The molecular weight excluding hydrogens is 317 g/mol. The van der Waals surface area contributed by atoms with Crippen LogP contribution in [-0.2, 0) is 30.3 Å². The van der Waals surface area contributed by atoms with Crippen LogP contribution in [0.15, 0.2) is 48.5 Å². The molecule has 0 aromatic heterocycles. The minimum absolute atomic E-state index is 0. The molecule has 0 saturated carbocycles. The van der Waals surface area contributed by atoms with Gasteiger partial charge >= 0.3 is 19.5 Å². The summed E-state index contributed by atoms with van der Waals surface area (Å²) in [5.74, 6) is 0. The van der Waals surface area contributed by atoms with Gasteiger partial charge in [0, 0.05) is 0 Å². The van der Waals surface area contributed by atoms with Gasteiger partial charge < -0.3 is 0 Å². The molecule has 106 valence electrons. The Morgan fingerprint density at radius 1 is 0.526 bits per heavy atom. The summed E-state index contributed by atoms with van der Waals surface area (Å²) in [4.78, 5) is 0. The van der Waals surface area contributed by atoms with Gasteiger partial charge in [0.25, 0.3) is 0 Å². The summed E-state index contributed by atoms with van der Waals surface area (Å²) < 4.78 is 0. The van der Waals surface area contributed by atoms with Gasteiger partial charge in [-0.3, -0.25) is 0 Å². The standard InChI is InChI=1S/2C9H13.Ru/c2*1-9(2,3)8-6-4-5-7-8;/h2*4-7H,1-3H3;/q2*-1;+2. The molecule has 0 heterocycles. The molecule has 0 saturated heterocycles. The minimum Gasteiger partial charge on any atom is -0.213 e. The molecule has 0 aliphatic carbocycles. The third-order valence-electron chi connectivity index (χ3n) is 3.06. The molecule has 2 rings (SSSR count).